The second kappa shape index (κ2) is 6.76. The Kier molecular flexibility index (Phi) is 4.71. The van der Waals surface area contributed by atoms with Gasteiger partial charge in [0.25, 0.3) is 5.91 Å². The molecule has 3 N–H and O–H groups in total. The van der Waals surface area contributed by atoms with Crippen LogP contribution in [-0.4, -0.2) is 10.5 Å². The van der Waals surface area contributed by atoms with Gasteiger partial charge in [-0.1, -0.05) is 47.2 Å². The monoisotopic (exact) mass is 375 g/mol. The Hall–Kier alpha value is -2.15. The van der Waals surface area contributed by atoms with Crippen LogP contribution in [0.1, 0.15) is 15.2 Å². The van der Waals surface area contributed by atoms with Gasteiger partial charge < -0.3 is 11.1 Å². The lowest BCUT2D eigenvalue weighted by atomic mass is 10.2. The smallest absolute Gasteiger partial charge is 0.269 e. The van der Waals surface area contributed by atoms with E-state index in [-0.39, 0.29) is 5.91 Å². The van der Waals surface area contributed by atoms with Crippen LogP contribution >= 0.6 is 35.2 Å². The van der Waals surface area contributed by atoms with E-state index in [2.05, 4.69) is 5.32 Å². The summed E-state index contributed by atoms with van der Waals surface area (Å²) in [5, 5.41) is 3.40. The number of anilines is 2. The van der Waals surface area contributed by atoms with E-state index < -0.39 is 0 Å². The molecule has 3 aromatic rings. The van der Waals surface area contributed by atoms with Crippen molar-refractivity contribution in [3.05, 3.63) is 67.9 Å². The Morgan fingerprint density at radius 2 is 1.96 bits per heavy atom. The van der Waals surface area contributed by atoms with Gasteiger partial charge in [-0.15, -0.1) is 0 Å². The average molecular weight is 376 g/mol. The van der Waals surface area contributed by atoms with Crippen molar-refractivity contribution in [3.63, 3.8) is 0 Å². The summed E-state index contributed by atoms with van der Waals surface area (Å²) < 4.78 is 2.21. The summed E-state index contributed by atoms with van der Waals surface area (Å²) in [6, 6.07) is 14.8. The fourth-order valence-corrected chi connectivity index (χ4v) is 3.67. The van der Waals surface area contributed by atoms with Gasteiger partial charge in [0.05, 0.1) is 0 Å². The van der Waals surface area contributed by atoms with Gasteiger partial charge in [-0.3, -0.25) is 9.36 Å². The maximum absolute atomic E-state index is 12.5. The maximum Gasteiger partial charge on any atom is 0.269 e. The molecule has 0 aliphatic heterocycles. The first-order valence-corrected chi connectivity index (χ1v) is 8.72. The molecule has 122 valence electrons. The molecule has 0 spiro atoms. The van der Waals surface area contributed by atoms with Crippen LogP contribution in [0, 0.1) is 10.9 Å². The molecule has 0 aliphatic carbocycles. The predicted octanol–water partition coefficient (Wildman–Crippen LogP) is 5.06. The summed E-state index contributed by atoms with van der Waals surface area (Å²) in [4.78, 5) is 12.9. The number of aromatic nitrogens is 1. The fraction of sp³-hybridized carbons (Fsp3) is 0.0588. The number of rotatable bonds is 3. The maximum atomic E-state index is 12.5. The Morgan fingerprint density at radius 3 is 2.62 bits per heavy atom. The average Bonchev–Trinajstić information content (AvgIpc) is 2.86. The first-order valence-electron chi connectivity index (χ1n) is 7.11. The molecule has 0 radical (unpaired) electrons. The van der Waals surface area contributed by atoms with Gasteiger partial charge in [-0.25, -0.2) is 0 Å². The summed E-state index contributed by atoms with van der Waals surface area (Å²) in [5.74, 6) is 0.0186. The molecule has 1 heterocycles. The molecule has 4 nitrogen and oxygen atoms in total. The SMILES string of the molecule is Cc1ccc(NC(=O)c2sc(=S)n(-c3ccccc3)c2N)cc1Cl. The Balaban J connectivity index is 1.94. The molecular weight excluding hydrogens is 362 g/mol. The Labute approximate surface area is 153 Å². The normalized spacial score (nSPS) is 10.6. The zero-order chi connectivity index (χ0) is 17.3. The summed E-state index contributed by atoms with van der Waals surface area (Å²) in [6.07, 6.45) is 0. The lowest BCUT2D eigenvalue weighted by Gasteiger charge is -2.08. The lowest BCUT2D eigenvalue weighted by molar-refractivity contribution is 0.103. The van der Waals surface area contributed by atoms with E-state index in [1.807, 2.05) is 43.3 Å². The highest BCUT2D eigenvalue weighted by Crippen LogP contribution is 2.27. The summed E-state index contributed by atoms with van der Waals surface area (Å²) >= 11 is 12.6. The number of hydrogen-bond acceptors (Lipinski definition) is 4. The standard InChI is InChI=1S/C17H14ClN3OS2/c1-10-7-8-11(9-13(10)18)20-16(22)14-15(19)21(17(23)24-14)12-5-3-2-4-6-12/h2-9H,19H2,1H3,(H,20,22). The molecule has 0 atom stereocenters. The second-order valence-electron chi connectivity index (χ2n) is 5.17. The van der Waals surface area contributed by atoms with Gasteiger partial charge in [-0.2, -0.15) is 0 Å². The molecule has 0 aliphatic rings. The molecule has 0 bridgehead atoms. The van der Waals surface area contributed by atoms with E-state index in [4.69, 9.17) is 29.6 Å². The molecule has 0 saturated carbocycles. The molecule has 7 heteroatoms. The highest BCUT2D eigenvalue weighted by Gasteiger charge is 2.18. The minimum absolute atomic E-state index is 0.307. The van der Waals surface area contributed by atoms with Gasteiger partial charge in [0.15, 0.2) is 3.95 Å². The third kappa shape index (κ3) is 3.21. The molecule has 0 saturated heterocycles. The largest absolute Gasteiger partial charge is 0.383 e. The van der Waals surface area contributed by atoms with E-state index >= 15 is 0 Å². The number of carbonyl (C=O) groups excluding carboxylic acids is 1. The predicted molar refractivity (Wildman–Crippen MR) is 103 cm³/mol. The highest BCUT2D eigenvalue weighted by molar-refractivity contribution is 7.73. The van der Waals surface area contributed by atoms with E-state index in [1.165, 1.54) is 11.3 Å². The van der Waals surface area contributed by atoms with Crippen molar-refractivity contribution in [2.24, 2.45) is 0 Å². The zero-order valence-corrected chi connectivity index (χ0v) is 15.1. The molecule has 0 fully saturated rings. The van der Waals surface area contributed by atoms with Gasteiger partial charge in [0.1, 0.15) is 10.7 Å². The van der Waals surface area contributed by atoms with Crippen LogP contribution in [0.2, 0.25) is 5.02 Å². The van der Waals surface area contributed by atoms with Crippen LogP contribution < -0.4 is 11.1 Å². The van der Waals surface area contributed by atoms with Crippen LogP contribution in [0.4, 0.5) is 11.5 Å². The van der Waals surface area contributed by atoms with Crippen molar-refractivity contribution in [3.8, 4) is 5.69 Å². The van der Waals surface area contributed by atoms with Crippen molar-refractivity contribution in [1.29, 1.82) is 0 Å². The number of benzene rings is 2. The van der Waals surface area contributed by atoms with E-state index in [0.717, 1.165) is 11.3 Å². The number of hydrogen-bond donors (Lipinski definition) is 2. The van der Waals surface area contributed by atoms with Gasteiger partial charge in [0, 0.05) is 16.4 Å². The number of aryl methyl sites for hydroxylation is 1. The number of amides is 1. The number of thiazole rings is 1. The van der Waals surface area contributed by atoms with E-state index in [1.54, 1.807) is 16.7 Å². The van der Waals surface area contributed by atoms with E-state index in [9.17, 15) is 4.79 Å². The van der Waals surface area contributed by atoms with Gasteiger partial charge in [-0.05, 0) is 49.0 Å². The Morgan fingerprint density at radius 1 is 1.25 bits per heavy atom. The molecular formula is C17H14ClN3OS2. The minimum Gasteiger partial charge on any atom is -0.383 e. The van der Waals surface area contributed by atoms with Crippen LogP contribution in [0.25, 0.3) is 5.69 Å². The number of carbonyl (C=O) groups is 1. The zero-order valence-electron chi connectivity index (χ0n) is 12.7. The molecule has 1 amide bonds. The summed E-state index contributed by atoms with van der Waals surface area (Å²) in [7, 11) is 0. The lowest BCUT2D eigenvalue weighted by Crippen LogP contribution is -2.13. The third-order valence-corrected chi connectivity index (χ3v) is 5.29. The van der Waals surface area contributed by atoms with Crippen LogP contribution in [0.15, 0.2) is 48.5 Å². The highest BCUT2D eigenvalue weighted by atomic mass is 35.5. The molecule has 2 aromatic carbocycles. The summed E-state index contributed by atoms with van der Waals surface area (Å²) in [5.41, 5.74) is 8.55. The number of nitrogens with one attached hydrogen (secondary N) is 1. The van der Waals surface area contributed by atoms with Crippen LogP contribution in [0.3, 0.4) is 0 Å². The van der Waals surface area contributed by atoms with Crippen LogP contribution in [0.5, 0.6) is 0 Å². The van der Waals surface area contributed by atoms with Crippen molar-refractivity contribution in [1.82, 2.24) is 4.57 Å². The number of nitrogen functional groups attached to an aromatic ring is 1. The quantitative estimate of drug-likeness (QED) is 0.628. The second-order valence-corrected chi connectivity index (χ2v) is 7.22. The number of nitrogens with two attached hydrogens (primary N) is 1. The van der Waals surface area contributed by atoms with Crippen LogP contribution in [-0.2, 0) is 0 Å². The van der Waals surface area contributed by atoms with E-state index in [0.29, 0.717) is 25.4 Å². The van der Waals surface area contributed by atoms with Crippen molar-refractivity contribution < 1.29 is 4.79 Å². The van der Waals surface area contributed by atoms with Gasteiger partial charge in [0.2, 0.25) is 0 Å². The van der Waals surface area contributed by atoms with Crippen molar-refractivity contribution >= 4 is 52.6 Å². The number of halogens is 1. The van der Waals surface area contributed by atoms with Crippen molar-refractivity contribution in [2.75, 3.05) is 11.1 Å². The summed E-state index contributed by atoms with van der Waals surface area (Å²) in [6.45, 7) is 1.90. The van der Waals surface area contributed by atoms with Gasteiger partial charge >= 0.3 is 0 Å². The number of nitrogens with zero attached hydrogens (tertiary/aromatic N) is 1. The molecule has 3 rings (SSSR count). The topological polar surface area (TPSA) is 60.0 Å². The third-order valence-electron chi connectivity index (χ3n) is 3.50. The molecule has 0 unspecified atom stereocenters. The minimum atomic E-state index is -0.307. The molecule has 24 heavy (non-hydrogen) atoms. The fourth-order valence-electron chi connectivity index (χ4n) is 2.23. The first-order chi connectivity index (χ1) is 11.5. The Bertz CT molecular complexity index is 964. The van der Waals surface area contributed by atoms with Crippen molar-refractivity contribution in [2.45, 2.75) is 6.92 Å². The molecule has 1 aromatic heterocycles. The number of para-hydroxylation sites is 1. The first kappa shape index (κ1) is 16.7.